The number of rotatable bonds is 4. The van der Waals surface area contributed by atoms with E-state index in [1.807, 2.05) is 35.2 Å². The van der Waals surface area contributed by atoms with Crippen LogP contribution in [-0.2, 0) is 4.79 Å². The van der Waals surface area contributed by atoms with Crippen molar-refractivity contribution in [2.24, 2.45) is 0 Å². The van der Waals surface area contributed by atoms with Gasteiger partial charge in [0.1, 0.15) is 6.33 Å². The number of nitrogens with zero attached hydrogens (tertiary/aromatic N) is 7. The number of nitrogens with one attached hydrogen (secondary N) is 1. The van der Waals surface area contributed by atoms with Gasteiger partial charge in [-0.1, -0.05) is 30.3 Å². The van der Waals surface area contributed by atoms with Crippen molar-refractivity contribution >= 4 is 11.7 Å². The molecular formula is C17H18N8O2. The maximum absolute atomic E-state index is 13.2. The number of benzene rings is 1. The molecule has 1 aliphatic heterocycles. The van der Waals surface area contributed by atoms with Gasteiger partial charge in [-0.05, 0) is 16.0 Å². The molecule has 138 valence electrons. The van der Waals surface area contributed by atoms with Crippen LogP contribution in [0.3, 0.4) is 0 Å². The van der Waals surface area contributed by atoms with E-state index in [-0.39, 0.29) is 11.5 Å². The zero-order valence-corrected chi connectivity index (χ0v) is 14.5. The second-order valence-electron chi connectivity index (χ2n) is 6.16. The molecule has 0 aliphatic carbocycles. The normalized spacial score (nSPS) is 15.6. The quantitative estimate of drug-likeness (QED) is 0.674. The molecule has 0 radical (unpaired) electrons. The van der Waals surface area contributed by atoms with Crippen LogP contribution in [0.5, 0.6) is 0 Å². The van der Waals surface area contributed by atoms with Crippen molar-refractivity contribution in [1.29, 1.82) is 0 Å². The topological polar surface area (TPSA) is 113 Å². The third-order valence-electron chi connectivity index (χ3n) is 4.56. The highest BCUT2D eigenvalue weighted by Gasteiger charge is 2.31. The number of anilines is 1. The first-order chi connectivity index (χ1) is 13.2. The lowest BCUT2D eigenvalue weighted by Gasteiger charge is -2.36. The number of carbonyl (C=O) groups excluding carboxylic acids is 1. The summed E-state index contributed by atoms with van der Waals surface area (Å²) in [4.78, 5) is 35.6. The molecule has 10 nitrogen and oxygen atoms in total. The van der Waals surface area contributed by atoms with Crippen molar-refractivity contribution in [2.45, 2.75) is 6.04 Å². The fourth-order valence-corrected chi connectivity index (χ4v) is 3.21. The van der Waals surface area contributed by atoms with Gasteiger partial charge < -0.3 is 14.8 Å². The van der Waals surface area contributed by atoms with E-state index in [1.165, 1.54) is 17.2 Å². The fourth-order valence-electron chi connectivity index (χ4n) is 3.21. The number of H-pyrrole nitrogens is 1. The van der Waals surface area contributed by atoms with Crippen LogP contribution in [0, 0.1) is 0 Å². The first-order valence-corrected chi connectivity index (χ1v) is 8.59. The average Bonchev–Trinajstić information content (AvgIpc) is 3.24. The fraction of sp³-hybridized carbons (Fsp3) is 0.294. The SMILES string of the molecule is O=C([C@@H](c1ccccc1)n1cnnn1)N1CCN(c2ncc[nH]c2=O)CC1. The smallest absolute Gasteiger partial charge is 0.290 e. The minimum Gasteiger partial charge on any atom is -0.348 e. The second kappa shape index (κ2) is 7.36. The third-order valence-corrected chi connectivity index (χ3v) is 4.56. The highest BCUT2D eigenvalue weighted by molar-refractivity contribution is 5.83. The van der Waals surface area contributed by atoms with Crippen molar-refractivity contribution in [3.05, 3.63) is 65.0 Å². The van der Waals surface area contributed by atoms with E-state index in [9.17, 15) is 9.59 Å². The summed E-state index contributed by atoms with van der Waals surface area (Å²) < 4.78 is 1.47. The van der Waals surface area contributed by atoms with Gasteiger partial charge in [0.2, 0.25) is 0 Å². The molecule has 10 heteroatoms. The number of piperazine rings is 1. The van der Waals surface area contributed by atoms with E-state index in [2.05, 4.69) is 25.5 Å². The van der Waals surface area contributed by atoms with Crippen molar-refractivity contribution in [1.82, 2.24) is 35.1 Å². The average molecular weight is 366 g/mol. The summed E-state index contributed by atoms with van der Waals surface area (Å²) in [6.45, 7) is 2.03. The van der Waals surface area contributed by atoms with Gasteiger partial charge in [0.25, 0.3) is 11.5 Å². The Morgan fingerprint density at radius 2 is 1.89 bits per heavy atom. The van der Waals surface area contributed by atoms with Gasteiger partial charge in [0.15, 0.2) is 11.9 Å². The van der Waals surface area contributed by atoms with Crippen LogP contribution in [0.2, 0.25) is 0 Å². The van der Waals surface area contributed by atoms with Gasteiger partial charge in [0, 0.05) is 38.6 Å². The van der Waals surface area contributed by atoms with Gasteiger partial charge >= 0.3 is 0 Å². The largest absolute Gasteiger partial charge is 0.348 e. The predicted octanol–water partition coefficient (Wildman–Crippen LogP) is -0.305. The van der Waals surface area contributed by atoms with E-state index in [0.717, 1.165) is 5.56 Å². The van der Waals surface area contributed by atoms with Crippen LogP contribution in [-0.4, -0.2) is 67.2 Å². The minimum absolute atomic E-state index is 0.0805. The van der Waals surface area contributed by atoms with Crippen molar-refractivity contribution in [3.8, 4) is 0 Å². The maximum Gasteiger partial charge on any atom is 0.290 e. The highest BCUT2D eigenvalue weighted by atomic mass is 16.2. The van der Waals surface area contributed by atoms with Crippen LogP contribution in [0.15, 0.2) is 53.8 Å². The summed E-state index contributed by atoms with van der Waals surface area (Å²) in [5.41, 5.74) is 0.589. The molecule has 27 heavy (non-hydrogen) atoms. The van der Waals surface area contributed by atoms with Gasteiger partial charge in [-0.15, -0.1) is 5.10 Å². The lowest BCUT2D eigenvalue weighted by atomic mass is 10.1. The third kappa shape index (κ3) is 3.41. The van der Waals surface area contributed by atoms with Crippen LogP contribution in [0.1, 0.15) is 11.6 Å². The predicted molar refractivity (Wildman–Crippen MR) is 96.0 cm³/mol. The molecule has 2 aromatic heterocycles. The van der Waals surface area contributed by atoms with Gasteiger partial charge in [0.05, 0.1) is 0 Å². The number of amides is 1. The molecule has 1 N–H and O–H groups in total. The Morgan fingerprint density at radius 1 is 1.11 bits per heavy atom. The summed E-state index contributed by atoms with van der Waals surface area (Å²) in [5.74, 6) is 0.299. The lowest BCUT2D eigenvalue weighted by molar-refractivity contribution is -0.134. The second-order valence-corrected chi connectivity index (χ2v) is 6.16. The number of hydrogen-bond donors (Lipinski definition) is 1. The maximum atomic E-state index is 13.2. The molecule has 3 aromatic rings. The van der Waals surface area contributed by atoms with Crippen molar-refractivity contribution in [2.75, 3.05) is 31.1 Å². The number of aromatic amines is 1. The van der Waals surface area contributed by atoms with Crippen molar-refractivity contribution < 1.29 is 4.79 Å². The van der Waals surface area contributed by atoms with E-state index < -0.39 is 6.04 Å². The number of tetrazole rings is 1. The molecule has 0 bridgehead atoms. The molecule has 1 amide bonds. The Morgan fingerprint density at radius 3 is 2.56 bits per heavy atom. The summed E-state index contributed by atoms with van der Waals surface area (Å²) in [5, 5.41) is 11.3. The molecule has 1 saturated heterocycles. The Balaban J connectivity index is 1.52. The molecular weight excluding hydrogens is 348 g/mol. The lowest BCUT2D eigenvalue weighted by Crippen LogP contribution is -2.52. The monoisotopic (exact) mass is 366 g/mol. The Bertz CT molecular complexity index is 948. The van der Waals surface area contributed by atoms with Crippen LogP contribution in [0.25, 0.3) is 0 Å². The Kier molecular flexibility index (Phi) is 4.60. The van der Waals surface area contributed by atoms with Crippen LogP contribution in [0.4, 0.5) is 5.82 Å². The van der Waals surface area contributed by atoms with E-state index in [1.54, 1.807) is 11.1 Å². The molecule has 1 atom stereocenters. The van der Waals surface area contributed by atoms with Crippen molar-refractivity contribution in [3.63, 3.8) is 0 Å². The summed E-state index contributed by atoms with van der Waals surface area (Å²) >= 11 is 0. The van der Waals surface area contributed by atoms with Crippen LogP contribution >= 0.6 is 0 Å². The molecule has 1 aromatic carbocycles. The zero-order chi connectivity index (χ0) is 18.6. The molecule has 1 fully saturated rings. The van der Waals surface area contributed by atoms with E-state index in [4.69, 9.17) is 0 Å². The number of hydrogen-bond acceptors (Lipinski definition) is 7. The van der Waals surface area contributed by atoms with E-state index >= 15 is 0 Å². The van der Waals surface area contributed by atoms with Gasteiger partial charge in [-0.3, -0.25) is 9.59 Å². The molecule has 0 unspecified atom stereocenters. The van der Waals surface area contributed by atoms with Gasteiger partial charge in [-0.25, -0.2) is 9.67 Å². The van der Waals surface area contributed by atoms with Crippen LogP contribution < -0.4 is 10.5 Å². The number of aromatic nitrogens is 6. The summed E-state index contributed by atoms with van der Waals surface area (Å²) in [6.07, 6.45) is 4.50. The molecule has 0 spiro atoms. The zero-order valence-electron chi connectivity index (χ0n) is 14.5. The molecule has 3 heterocycles. The standard InChI is InChI=1S/C17H18N8O2/c26-16-15(18-6-7-19-16)23-8-10-24(11-9-23)17(27)14(25-12-20-21-22-25)13-4-2-1-3-5-13/h1-7,12,14H,8-11H2,(H,19,26)/t14-/m1/s1. The Hall–Kier alpha value is -3.56. The highest BCUT2D eigenvalue weighted by Crippen LogP contribution is 2.21. The first-order valence-electron chi connectivity index (χ1n) is 8.59. The minimum atomic E-state index is -0.619. The summed E-state index contributed by atoms with van der Waals surface area (Å²) in [6, 6.07) is 8.80. The number of carbonyl (C=O) groups is 1. The summed E-state index contributed by atoms with van der Waals surface area (Å²) in [7, 11) is 0. The van der Waals surface area contributed by atoms with E-state index in [0.29, 0.717) is 32.0 Å². The van der Waals surface area contributed by atoms with Gasteiger partial charge in [-0.2, -0.15) is 0 Å². The molecule has 1 aliphatic rings. The molecule has 0 saturated carbocycles. The molecule has 4 rings (SSSR count). The first kappa shape index (κ1) is 16.9. The Labute approximate surface area is 154 Å².